The zero-order chi connectivity index (χ0) is 19.9. The lowest BCUT2D eigenvalue weighted by Gasteiger charge is -2.25. The highest BCUT2D eigenvalue weighted by molar-refractivity contribution is 5.97. The Morgan fingerprint density at radius 2 is 1.96 bits per heavy atom. The Kier molecular flexibility index (Phi) is 4.96. The number of nitrogens with zero attached hydrogens (tertiary/aromatic N) is 2. The molecule has 27 heavy (non-hydrogen) atoms. The van der Waals surface area contributed by atoms with Gasteiger partial charge in [-0.05, 0) is 38.3 Å². The summed E-state index contributed by atoms with van der Waals surface area (Å²) in [5.74, 6) is -0.728. The van der Waals surface area contributed by atoms with Gasteiger partial charge in [0.2, 0.25) is 0 Å². The fourth-order valence-electron chi connectivity index (χ4n) is 3.09. The molecular formula is C18H18F5N3O. The van der Waals surface area contributed by atoms with E-state index in [-0.39, 0.29) is 29.4 Å². The molecule has 9 heteroatoms. The standard InChI is InChI=1S/C18H18F5N3O/c1-9-3-6-13(18(21,22)23)11(7-9)8-26(12-4-5-12)17(27)14-10(2)24-25-15(14)16(19)20/h3,6-7,12,16H,4-5,8H2,1-2H3,(H,24,25). The Hall–Kier alpha value is -2.45. The third-order valence-corrected chi connectivity index (χ3v) is 4.55. The summed E-state index contributed by atoms with van der Waals surface area (Å²) in [6, 6.07) is 3.44. The van der Waals surface area contributed by atoms with Gasteiger partial charge in [-0.2, -0.15) is 18.3 Å². The van der Waals surface area contributed by atoms with Gasteiger partial charge in [0, 0.05) is 18.3 Å². The van der Waals surface area contributed by atoms with Crippen molar-refractivity contribution in [3.8, 4) is 0 Å². The van der Waals surface area contributed by atoms with Crippen molar-refractivity contribution >= 4 is 5.91 Å². The van der Waals surface area contributed by atoms with Crippen molar-refractivity contribution in [1.82, 2.24) is 15.1 Å². The van der Waals surface area contributed by atoms with Crippen LogP contribution in [0.5, 0.6) is 0 Å². The minimum absolute atomic E-state index is 0.0532. The van der Waals surface area contributed by atoms with Gasteiger partial charge < -0.3 is 4.90 Å². The summed E-state index contributed by atoms with van der Waals surface area (Å²) >= 11 is 0. The molecule has 2 aromatic rings. The Labute approximate surface area is 152 Å². The number of alkyl halides is 5. The molecular weight excluding hydrogens is 369 g/mol. The number of benzene rings is 1. The zero-order valence-corrected chi connectivity index (χ0v) is 14.7. The van der Waals surface area contributed by atoms with E-state index in [1.165, 1.54) is 24.0 Å². The maximum absolute atomic E-state index is 13.3. The molecule has 0 saturated heterocycles. The van der Waals surface area contributed by atoms with Crippen molar-refractivity contribution in [2.45, 2.75) is 51.9 Å². The monoisotopic (exact) mass is 387 g/mol. The van der Waals surface area contributed by atoms with Crippen LogP contribution in [0.15, 0.2) is 18.2 Å². The lowest BCUT2D eigenvalue weighted by molar-refractivity contribution is -0.138. The number of amides is 1. The van der Waals surface area contributed by atoms with Crippen LogP contribution in [0.3, 0.4) is 0 Å². The molecule has 1 heterocycles. The van der Waals surface area contributed by atoms with Gasteiger partial charge in [-0.15, -0.1) is 0 Å². The summed E-state index contributed by atoms with van der Waals surface area (Å²) in [4.78, 5) is 14.2. The van der Waals surface area contributed by atoms with Crippen molar-refractivity contribution in [2.24, 2.45) is 0 Å². The number of H-pyrrole nitrogens is 1. The SMILES string of the molecule is Cc1ccc(C(F)(F)F)c(CN(C(=O)c2c(C(F)F)n[nH]c2C)C2CC2)c1. The smallest absolute Gasteiger partial charge is 0.331 e. The summed E-state index contributed by atoms with van der Waals surface area (Å²) in [6.07, 6.45) is -6.28. The molecule has 0 bridgehead atoms. The molecule has 1 aromatic heterocycles. The predicted molar refractivity (Wildman–Crippen MR) is 87.4 cm³/mol. The van der Waals surface area contributed by atoms with Gasteiger partial charge in [-0.25, -0.2) is 8.78 Å². The first-order valence-electron chi connectivity index (χ1n) is 8.40. The van der Waals surface area contributed by atoms with Crippen LogP contribution in [0.25, 0.3) is 0 Å². The van der Waals surface area contributed by atoms with Crippen LogP contribution in [-0.2, 0) is 12.7 Å². The van der Waals surface area contributed by atoms with E-state index < -0.39 is 29.8 Å². The van der Waals surface area contributed by atoms with Gasteiger partial charge in [0.25, 0.3) is 12.3 Å². The average molecular weight is 387 g/mol. The summed E-state index contributed by atoms with van der Waals surface area (Å²) < 4.78 is 66.4. The minimum atomic E-state index is -4.57. The van der Waals surface area contributed by atoms with E-state index in [4.69, 9.17) is 0 Å². The lowest BCUT2D eigenvalue weighted by Crippen LogP contribution is -2.34. The Bertz CT molecular complexity index is 855. The molecule has 1 saturated carbocycles. The third-order valence-electron chi connectivity index (χ3n) is 4.55. The fourth-order valence-corrected chi connectivity index (χ4v) is 3.09. The zero-order valence-electron chi connectivity index (χ0n) is 14.7. The van der Waals surface area contributed by atoms with Crippen molar-refractivity contribution < 1.29 is 26.7 Å². The second-order valence-corrected chi connectivity index (χ2v) is 6.73. The second-order valence-electron chi connectivity index (χ2n) is 6.73. The number of aromatic amines is 1. The molecule has 1 aliphatic rings. The molecule has 1 aliphatic carbocycles. The molecule has 0 unspecified atom stereocenters. The highest BCUT2D eigenvalue weighted by Crippen LogP contribution is 2.36. The number of carbonyl (C=O) groups is 1. The predicted octanol–water partition coefficient (Wildman–Crippen LogP) is 4.79. The lowest BCUT2D eigenvalue weighted by atomic mass is 10.0. The molecule has 1 aromatic carbocycles. The highest BCUT2D eigenvalue weighted by Gasteiger charge is 2.39. The van der Waals surface area contributed by atoms with Crippen LogP contribution < -0.4 is 0 Å². The topological polar surface area (TPSA) is 49.0 Å². The normalized spacial score (nSPS) is 14.7. The van der Waals surface area contributed by atoms with Crippen LogP contribution in [0, 0.1) is 13.8 Å². The van der Waals surface area contributed by atoms with Crippen molar-refractivity contribution in [1.29, 1.82) is 0 Å². The van der Waals surface area contributed by atoms with E-state index in [2.05, 4.69) is 10.2 Å². The Balaban J connectivity index is 1.99. The third kappa shape index (κ3) is 3.96. The first kappa shape index (κ1) is 19.3. The van der Waals surface area contributed by atoms with Crippen LogP contribution >= 0.6 is 0 Å². The van der Waals surface area contributed by atoms with Crippen LogP contribution in [-0.4, -0.2) is 27.0 Å². The van der Waals surface area contributed by atoms with Crippen LogP contribution in [0.1, 0.15) is 57.7 Å². The van der Waals surface area contributed by atoms with Crippen molar-refractivity contribution in [3.63, 3.8) is 0 Å². The molecule has 146 valence electrons. The number of hydrogen-bond donors (Lipinski definition) is 1. The van der Waals surface area contributed by atoms with E-state index in [9.17, 15) is 26.7 Å². The molecule has 1 fully saturated rings. The first-order valence-corrected chi connectivity index (χ1v) is 8.40. The Morgan fingerprint density at radius 1 is 1.30 bits per heavy atom. The summed E-state index contributed by atoms with van der Waals surface area (Å²) in [7, 11) is 0. The van der Waals surface area contributed by atoms with E-state index in [1.807, 2.05) is 0 Å². The molecule has 4 nitrogen and oxygen atoms in total. The second kappa shape index (κ2) is 6.94. The first-order chi connectivity index (χ1) is 12.6. The largest absolute Gasteiger partial charge is 0.416 e. The number of aryl methyl sites for hydroxylation is 2. The number of rotatable bonds is 5. The number of carbonyl (C=O) groups excluding carboxylic acids is 1. The summed E-state index contributed by atoms with van der Waals surface area (Å²) in [5, 5.41) is 5.84. The number of halogens is 5. The van der Waals surface area contributed by atoms with Gasteiger partial charge in [0.05, 0.1) is 11.1 Å². The van der Waals surface area contributed by atoms with Gasteiger partial charge in [0.1, 0.15) is 5.69 Å². The van der Waals surface area contributed by atoms with E-state index in [0.717, 1.165) is 6.07 Å². The average Bonchev–Trinajstić information content (AvgIpc) is 3.32. The minimum Gasteiger partial charge on any atom is -0.331 e. The van der Waals surface area contributed by atoms with Gasteiger partial charge in [-0.1, -0.05) is 17.7 Å². The molecule has 0 spiro atoms. The Morgan fingerprint density at radius 3 is 2.52 bits per heavy atom. The molecule has 0 radical (unpaired) electrons. The maximum atomic E-state index is 13.3. The highest BCUT2D eigenvalue weighted by atomic mass is 19.4. The van der Waals surface area contributed by atoms with Gasteiger partial charge >= 0.3 is 6.18 Å². The summed E-state index contributed by atoms with van der Waals surface area (Å²) in [6.45, 7) is 2.79. The van der Waals surface area contributed by atoms with Gasteiger partial charge in [-0.3, -0.25) is 9.89 Å². The molecule has 0 atom stereocenters. The van der Waals surface area contributed by atoms with Crippen LogP contribution in [0.4, 0.5) is 22.0 Å². The van der Waals surface area contributed by atoms with E-state index in [1.54, 1.807) is 6.92 Å². The number of aromatic nitrogens is 2. The van der Waals surface area contributed by atoms with Crippen molar-refractivity contribution in [3.05, 3.63) is 51.8 Å². The quantitative estimate of drug-likeness (QED) is 0.750. The maximum Gasteiger partial charge on any atom is 0.416 e. The molecule has 0 aliphatic heterocycles. The van der Waals surface area contributed by atoms with E-state index >= 15 is 0 Å². The number of nitrogens with one attached hydrogen (secondary N) is 1. The molecule has 1 amide bonds. The molecule has 1 N–H and O–H groups in total. The van der Waals surface area contributed by atoms with Crippen molar-refractivity contribution in [2.75, 3.05) is 0 Å². The van der Waals surface area contributed by atoms with Gasteiger partial charge in [0.15, 0.2) is 0 Å². The van der Waals surface area contributed by atoms with E-state index in [0.29, 0.717) is 18.4 Å². The summed E-state index contributed by atoms with van der Waals surface area (Å²) in [5.41, 5.74) is -1.04. The van der Waals surface area contributed by atoms with Crippen LogP contribution in [0.2, 0.25) is 0 Å². The number of hydrogen-bond acceptors (Lipinski definition) is 2. The molecule has 3 rings (SSSR count). The fraction of sp³-hybridized carbons (Fsp3) is 0.444.